The lowest BCUT2D eigenvalue weighted by Gasteiger charge is -2.36. The molecule has 1 heterocycles. The average molecular weight is 199 g/mol. The predicted octanol–water partition coefficient (Wildman–Crippen LogP) is 1.01. The standard InChI is InChI=1S/C11H21NO2/c1-14-9-5-7-12(8-6-9)10-3-2-4-11(10)13/h9-11,13H,2-8H2,1H3/t10-,11-/m1/s1. The van der Waals surface area contributed by atoms with Crippen molar-refractivity contribution >= 4 is 0 Å². The summed E-state index contributed by atoms with van der Waals surface area (Å²) in [4.78, 5) is 2.45. The monoisotopic (exact) mass is 199 g/mol. The molecule has 82 valence electrons. The summed E-state index contributed by atoms with van der Waals surface area (Å²) >= 11 is 0. The molecule has 2 fully saturated rings. The fourth-order valence-electron chi connectivity index (χ4n) is 2.79. The summed E-state index contributed by atoms with van der Waals surface area (Å²) in [7, 11) is 1.80. The molecule has 2 aliphatic rings. The van der Waals surface area contributed by atoms with E-state index in [0.717, 1.165) is 32.4 Å². The van der Waals surface area contributed by atoms with Gasteiger partial charge in [-0.1, -0.05) is 0 Å². The third-order valence-electron chi connectivity index (χ3n) is 3.72. The molecular formula is C11H21NO2. The van der Waals surface area contributed by atoms with Gasteiger partial charge in [-0.15, -0.1) is 0 Å². The van der Waals surface area contributed by atoms with Crippen molar-refractivity contribution in [2.45, 2.75) is 50.4 Å². The maximum atomic E-state index is 9.79. The molecule has 1 aliphatic heterocycles. The minimum atomic E-state index is -0.0749. The number of rotatable bonds is 2. The highest BCUT2D eigenvalue weighted by Crippen LogP contribution is 2.27. The normalized spacial score (nSPS) is 36.4. The molecule has 1 aliphatic carbocycles. The lowest BCUT2D eigenvalue weighted by molar-refractivity contribution is 0.00299. The number of hydrogen-bond acceptors (Lipinski definition) is 3. The van der Waals surface area contributed by atoms with Gasteiger partial charge in [0.05, 0.1) is 12.2 Å². The number of methoxy groups -OCH3 is 1. The van der Waals surface area contributed by atoms with Gasteiger partial charge in [0.15, 0.2) is 0 Å². The summed E-state index contributed by atoms with van der Waals surface area (Å²) in [6.07, 6.45) is 5.99. The molecule has 14 heavy (non-hydrogen) atoms. The molecule has 0 aromatic heterocycles. The Labute approximate surface area is 86.0 Å². The molecule has 2 rings (SSSR count). The van der Waals surface area contributed by atoms with Crippen LogP contribution in [-0.2, 0) is 4.74 Å². The van der Waals surface area contributed by atoms with Crippen LogP contribution >= 0.6 is 0 Å². The second-order valence-corrected chi connectivity index (χ2v) is 4.54. The first-order valence-electron chi connectivity index (χ1n) is 5.76. The van der Waals surface area contributed by atoms with Gasteiger partial charge in [0.25, 0.3) is 0 Å². The quantitative estimate of drug-likeness (QED) is 0.720. The van der Waals surface area contributed by atoms with Crippen LogP contribution in [0.2, 0.25) is 0 Å². The van der Waals surface area contributed by atoms with Crippen LogP contribution in [0.15, 0.2) is 0 Å². The van der Waals surface area contributed by atoms with E-state index in [1.54, 1.807) is 7.11 Å². The molecule has 1 saturated carbocycles. The van der Waals surface area contributed by atoms with E-state index >= 15 is 0 Å². The van der Waals surface area contributed by atoms with Crippen molar-refractivity contribution in [1.82, 2.24) is 4.90 Å². The highest BCUT2D eigenvalue weighted by Gasteiger charge is 2.32. The minimum absolute atomic E-state index is 0.0749. The van der Waals surface area contributed by atoms with Gasteiger partial charge in [0, 0.05) is 26.2 Å². The fourth-order valence-corrected chi connectivity index (χ4v) is 2.79. The second kappa shape index (κ2) is 4.60. The highest BCUT2D eigenvalue weighted by atomic mass is 16.5. The van der Waals surface area contributed by atoms with Gasteiger partial charge in [0.1, 0.15) is 0 Å². The van der Waals surface area contributed by atoms with Gasteiger partial charge in [0.2, 0.25) is 0 Å². The van der Waals surface area contributed by atoms with Crippen molar-refractivity contribution in [3.63, 3.8) is 0 Å². The van der Waals surface area contributed by atoms with Gasteiger partial charge in [-0.25, -0.2) is 0 Å². The van der Waals surface area contributed by atoms with Crippen LogP contribution in [0.25, 0.3) is 0 Å². The molecule has 3 heteroatoms. The molecule has 0 aromatic rings. The minimum Gasteiger partial charge on any atom is -0.391 e. The van der Waals surface area contributed by atoms with Gasteiger partial charge in [-0.05, 0) is 32.1 Å². The summed E-state index contributed by atoms with van der Waals surface area (Å²) in [6.45, 7) is 2.19. The van der Waals surface area contributed by atoms with E-state index in [9.17, 15) is 5.11 Å². The third-order valence-corrected chi connectivity index (χ3v) is 3.72. The van der Waals surface area contributed by atoms with Crippen molar-refractivity contribution in [3.05, 3.63) is 0 Å². The molecule has 0 spiro atoms. The summed E-state index contributed by atoms with van der Waals surface area (Å²) in [5.74, 6) is 0. The Kier molecular flexibility index (Phi) is 3.42. The van der Waals surface area contributed by atoms with Crippen molar-refractivity contribution in [2.24, 2.45) is 0 Å². The highest BCUT2D eigenvalue weighted by molar-refractivity contribution is 4.87. The van der Waals surface area contributed by atoms with E-state index in [1.807, 2.05) is 0 Å². The van der Waals surface area contributed by atoms with E-state index in [-0.39, 0.29) is 6.10 Å². The van der Waals surface area contributed by atoms with E-state index in [4.69, 9.17) is 4.74 Å². The molecule has 0 radical (unpaired) electrons. The Morgan fingerprint density at radius 3 is 2.36 bits per heavy atom. The Morgan fingerprint density at radius 1 is 1.14 bits per heavy atom. The predicted molar refractivity (Wildman–Crippen MR) is 55.2 cm³/mol. The first-order valence-corrected chi connectivity index (χ1v) is 5.76. The zero-order valence-corrected chi connectivity index (χ0v) is 8.98. The van der Waals surface area contributed by atoms with Crippen molar-refractivity contribution in [3.8, 4) is 0 Å². The molecule has 0 aromatic carbocycles. The topological polar surface area (TPSA) is 32.7 Å². The fraction of sp³-hybridized carbons (Fsp3) is 1.00. The van der Waals surface area contributed by atoms with Crippen molar-refractivity contribution in [2.75, 3.05) is 20.2 Å². The smallest absolute Gasteiger partial charge is 0.0695 e. The Morgan fingerprint density at radius 2 is 1.86 bits per heavy atom. The maximum absolute atomic E-state index is 9.79. The molecule has 0 amide bonds. The Balaban J connectivity index is 1.82. The average Bonchev–Trinajstić information content (AvgIpc) is 2.65. The Bertz CT molecular complexity index is 178. The maximum Gasteiger partial charge on any atom is 0.0695 e. The number of hydrogen-bond donors (Lipinski definition) is 1. The largest absolute Gasteiger partial charge is 0.391 e. The number of likely N-dealkylation sites (tertiary alicyclic amines) is 1. The van der Waals surface area contributed by atoms with Crippen molar-refractivity contribution in [1.29, 1.82) is 0 Å². The van der Waals surface area contributed by atoms with Crippen LogP contribution in [0, 0.1) is 0 Å². The van der Waals surface area contributed by atoms with Crippen LogP contribution in [0.3, 0.4) is 0 Å². The van der Waals surface area contributed by atoms with E-state index in [2.05, 4.69) is 4.90 Å². The van der Waals surface area contributed by atoms with Gasteiger partial charge < -0.3 is 9.84 Å². The summed E-state index contributed by atoms with van der Waals surface area (Å²) in [6, 6.07) is 0.438. The summed E-state index contributed by atoms with van der Waals surface area (Å²) in [5, 5.41) is 9.79. The van der Waals surface area contributed by atoms with Gasteiger partial charge in [-0.2, -0.15) is 0 Å². The summed E-state index contributed by atoms with van der Waals surface area (Å²) in [5.41, 5.74) is 0. The second-order valence-electron chi connectivity index (χ2n) is 4.54. The molecule has 3 nitrogen and oxygen atoms in total. The van der Waals surface area contributed by atoms with Crippen LogP contribution < -0.4 is 0 Å². The van der Waals surface area contributed by atoms with E-state index < -0.39 is 0 Å². The SMILES string of the molecule is COC1CCN([C@@H]2CCC[C@H]2O)CC1. The van der Waals surface area contributed by atoms with E-state index in [1.165, 1.54) is 12.8 Å². The van der Waals surface area contributed by atoms with E-state index in [0.29, 0.717) is 12.1 Å². The van der Waals surface area contributed by atoms with Gasteiger partial charge in [-0.3, -0.25) is 4.90 Å². The first kappa shape index (κ1) is 10.4. The number of nitrogens with zero attached hydrogens (tertiary/aromatic N) is 1. The third kappa shape index (κ3) is 2.10. The zero-order valence-electron chi connectivity index (χ0n) is 8.98. The van der Waals surface area contributed by atoms with Crippen molar-refractivity contribution < 1.29 is 9.84 Å². The number of aliphatic hydroxyl groups is 1. The summed E-state index contributed by atoms with van der Waals surface area (Å²) < 4.78 is 5.34. The first-order chi connectivity index (χ1) is 6.81. The molecule has 2 atom stereocenters. The number of aliphatic hydroxyl groups excluding tert-OH is 1. The van der Waals surface area contributed by atoms with Gasteiger partial charge >= 0.3 is 0 Å². The number of ether oxygens (including phenoxy) is 1. The van der Waals surface area contributed by atoms with Crippen LogP contribution in [0.4, 0.5) is 0 Å². The van der Waals surface area contributed by atoms with Crippen LogP contribution in [0.1, 0.15) is 32.1 Å². The van der Waals surface area contributed by atoms with Crippen LogP contribution in [0.5, 0.6) is 0 Å². The number of piperidine rings is 1. The molecule has 0 unspecified atom stereocenters. The Hall–Kier alpha value is -0.120. The zero-order chi connectivity index (χ0) is 9.97. The van der Waals surface area contributed by atoms with Crippen LogP contribution in [-0.4, -0.2) is 48.5 Å². The lowest BCUT2D eigenvalue weighted by atomic mass is 10.0. The lowest BCUT2D eigenvalue weighted by Crippen LogP contribution is -2.46. The molecule has 1 N–H and O–H groups in total. The molecule has 1 saturated heterocycles. The molecule has 0 bridgehead atoms. The molecular weight excluding hydrogens is 178 g/mol.